The number of halogens is 1. The highest BCUT2D eigenvalue weighted by Crippen LogP contribution is 2.09. The van der Waals surface area contributed by atoms with E-state index in [-0.39, 0.29) is 5.28 Å². The Balaban J connectivity index is 2.37. The van der Waals surface area contributed by atoms with Crippen LogP contribution in [0, 0.1) is 5.92 Å². The maximum Gasteiger partial charge on any atom is 0.225 e. The van der Waals surface area contributed by atoms with Crippen LogP contribution in [0.3, 0.4) is 0 Å². The maximum atomic E-state index is 5.58. The normalized spacial score (nSPS) is 10.5. The standard InChI is InChI=1S/C9H13ClN2O/c1-7(2)4-6-13-8-3-5-11-9(10)12-8/h3,5,7H,4,6H2,1-2H3. The van der Waals surface area contributed by atoms with E-state index in [4.69, 9.17) is 16.3 Å². The predicted octanol–water partition coefficient (Wildman–Crippen LogP) is 2.55. The van der Waals surface area contributed by atoms with Crippen LogP contribution in [0.5, 0.6) is 5.88 Å². The van der Waals surface area contributed by atoms with Gasteiger partial charge in [0.15, 0.2) is 0 Å². The summed E-state index contributed by atoms with van der Waals surface area (Å²) in [6.45, 7) is 4.97. The lowest BCUT2D eigenvalue weighted by atomic mass is 10.1. The van der Waals surface area contributed by atoms with Crippen molar-refractivity contribution in [3.05, 3.63) is 17.5 Å². The van der Waals surface area contributed by atoms with E-state index in [0.717, 1.165) is 6.42 Å². The molecule has 0 saturated carbocycles. The first-order valence-electron chi connectivity index (χ1n) is 4.30. The summed E-state index contributed by atoms with van der Waals surface area (Å²) in [5.74, 6) is 1.18. The van der Waals surface area contributed by atoms with Crippen LogP contribution in [0.15, 0.2) is 12.3 Å². The zero-order valence-electron chi connectivity index (χ0n) is 7.83. The molecule has 0 spiro atoms. The third kappa shape index (κ3) is 4.08. The molecule has 0 fully saturated rings. The molecule has 0 aliphatic rings. The number of ether oxygens (including phenoxy) is 1. The van der Waals surface area contributed by atoms with Gasteiger partial charge in [-0.25, -0.2) is 4.98 Å². The van der Waals surface area contributed by atoms with Gasteiger partial charge in [0.05, 0.1) is 6.61 Å². The van der Waals surface area contributed by atoms with Gasteiger partial charge in [-0.15, -0.1) is 0 Å². The van der Waals surface area contributed by atoms with Gasteiger partial charge in [0, 0.05) is 12.3 Å². The predicted molar refractivity (Wildman–Crippen MR) is 52.0 cm³/mol. The lowest BCUT2D eigenvalue weighted by molar-refractivity contribution is 0.279. The molecular formula is C9H13ClN2O. The molecule has 0 aliphatic heterocycles. The summed E-state index contributed by atoms with van der Waals surface area (Å²) in [5, 5.41) is 0.224. The van der Waals surface area contributed by atoms with E-state index in [9.17, 15) is 0 Å². The molecule has 0 atom stereocenters. The molecule has 3 nitrogen and oxygen atoms in total. The highest BCUT2D eigenvalue weighted by atomic mass is 35.5. The summed E-state index contributed by atoms with van der Waals surface area (Å²) in [4.78, 5) is 7.66. The number of hydrogen-bond acceptors (Lipinski definition) is 3. The van der Waals surface area contributed by atoms with E-state index in [0.29, 0.717) is 18.4 Å². The van der Waals surface area contributed by atoms with Crippen LogP contribution < -0.4 is 4.74 Å². The Morgan fingerprint density at radius 3 is 2.92 bits per heavy atom. The van der Waals surface area contributed by atoms with E-state index >= 15 is 0 Å². The van der Waals surface area contributed by atoms with Gasteiger partial charge in [-0.2, -0.15) is 4.98 Å². The van der Waals surface area contributed by atoms with Gasteiger partial charge in [-0.05, 0) is 23.9 Å². The first kappa shape index (κ1) is 10.3. The summed E-state index contributed by atoms with van der Waals surface area (Å²) in [5.41, 5.74) is 0. The number of hydrogen-bond donors (Lipinski definition) is 0. The van der Waals surface area contributed by atoms with Crippen LogP contribution in [0.2, 0.25) is 5.28 Å². The van der Waals surface area contributed by atoms with Gasteiger partial charge in [-0.3, -0.25) is 0 Å². The number of rotatable bonds is 4. The number of aromatic nitrogens is 2. The molecule has 72 valence electrons. The Kier molecular flexibility index (Phi) is 3.96. The smallest absolute Gasteiger partial charge is 0.225 e. The lowest BCUT2D eigenvalue weighted by Crippen LogP contribution is -2.02. The molecule has 0 N–H and O–H groups in total. The first-order valence-corrected chi connectivity index (χ1v) is 4.67. The molecule has 0 aliphatic carbocycles. The van der Waals surface area contributed by atoms with Gasteiger partial charge >= 0.3 is 0 Å². The molecule has 1 aromatic rings. The maximum absolute atomic E-state index is 5.58. The van der Waals surface area contributed by atoms with E-state index in [2.05, 4.69) is 23.8 Å². The van der Waals surface area contributed by atoms with Crippen LogP contribution in [0.1, 0.15) is 20.3 Å². The molecular weight excluding hydrogens is 188 g/mol. The Morgan fingerprint density at radius 1 is 1.54 bits per heavy atom. The van der Waals surface area contributed by atoms with Gasteiger partial charge in [0.25, 0.3) is 0 Å². The van der Waals surface area contributed by atoms with Gasteiger partial charge in [-0.1, -0.05) is 13.8 Å². The molecule has 0 bridgehead atoms. The molecule has 4 heteroatoms. The number of nitrogens with zero attached hydrogens (tertiary/aromatic N) is 2. The highest BCUT2D eigenvalue weighted by molar-refractivity contribution is 6.28. The second-order valence-electron chi connectivity index (χ2n) is 3.19. The van der Waals surface area contributed by atoms with Crippen LogP contribution >= 0.6 is 11.6 Å². The van der Waals surface area contributed by atoms with Crippen LogP contribution in [-0.4, -0.2) is 16.6 Å². The van der Waals surface area contributed by atoms with Crippen LogP contribution in [0.4, 0.5) is 0 Å². The third-order valence-corrected chi connectivity index (χ3v) is 1.73. The second-order valence-corrected chi connectivity index (χ2v) is 3.53. The monoisotopic (exact) mass is 200 g/mol. The minimum atomic E-state index is 0.224. The minimum Gasteiger partial charge on any atom is -0.478 e. The average Bonchev–Trinajstić information content (AvgIpc) is 2.03. The van der Waals surface area contributed by atoms with Crippen LogP contribution in [0.25, 0.3) is 0 Å². The Hall–Kier alpha value is -0.830. The molecule has 0 unspecified atom stereocenters. The van der Waals surface area contributed by atoms with Crippen molar-refractivity contribution in [2.75, 3.05) is 6.61 Å². The average molecular weight is 201 g/mol. The second kappa shape index (κ2) is 5.02. The van der Waals surface area contributed by atoms with Crippen molar-refractivity contribution in [1.82, 2.24) is 9.97 Å². The summed E-state index contributed by atoms with van der Waals surface area (Å²) in [6.07, 6.45) is 2.60. The molecule has 0 aromatic carbocycles. The fraction of sp³-hybridized carbons (Fsp3) is 0.556. The fourth-order valence-corrected chi connectivity index (χ4v) is 0.939. The van der Waals surface area contributed by atoms with Crippen molar-refractivity contribution in [2.24, 2.45) is 5.92 Å². The minimum absolute atomic E-state index is 0.224. The van der Waals surface area contributed by atoms with Crippen molar-refractivity contribution in [3.63, 3.8) is 0 Å². The summed E-state index contributed by atoms with van der Waals surface area (Å²) in [7, 11) is 0. The van der Waals surface area contributed by atoms with Crippen molar-refractivity contribution in [2.45, 2.75) is 20.3 Å². The van der Waals surface area contributed by atoms with Crippen molar-refractivity contribution >= 4 is 11.6 Å². The van der Waals surface area contributed by atoms with Crippen LogP contribution in [-0.2, 0) is 0 Å². The molecule has 1 heterocycles. The molecule has 13 heavy (non-hydrogen) atoms. The zero-order chi connectivity index (χ0) is 9.68. The largest absolute Gasteiger partial charge is 0.478 e. The first-order chi connectivity index (χ1) is 6.18. The lowest BCUT2D eigenvalue weighted by Gasteiger charge is -2.06. The van der Waals surface area contributed by atoms with Crippen molar-refractivity contribution in [1.29, 1.82) is 0 Å². The Bertz CT molecular complexity index is 266. The van der Waals surface area contributed by atoms with E-state index in [1.54, 1.807) is 12.3 Å². The van der Waals surface area contributed by atoms with E-state index in [1.807, 2.05) is 0 Å². The fourth-order valence-electron chi connectivity index (χ4n) is 0.799. The molecule has 1 aromatic heterocycles. The van der Waals surface area contributed by atoms with Gasteiger partial charge < -0.3 is 4.74 Å². The van der Waals surface area contributed by atoms with E-state index < -0.39 is 0 Å². The molecule has 0 radical (unpaired) electrons. The van der Waals surface area contributed by atoms with Crippen molar-refractivity contribution in [3.8, 4) is 5.88 Å². The molecule has 0 saturated heterocycles. The third-order valence-electron chi connectivity index (χ3n) is 1.55. The zero-order valence-corrected chi connectivity index (χ0v) is 8.58. The SMILES string of the molecule is CC(C)CCOc1ccnc(Cl)n1. The highest BCUT2D eigenvalue weighted by Gasteiger charge is 1.98. The molecule has 1 rings (SSSR count). The van der Waals surface area contributed by atoms with Gasteiger partial charge in [0.1, 0.15) is 0 Å². The summed E-state index contributed by atoms with van der Waals surface area (Å²) in [6, 6.07) is 1.70. The summed E-state index contributed by atoms with van der Waals surface area (Å²) >= 11 is 5.58. The van der Waals surface area contributed by atoms with Crippen molar-refractivity contribution < 1.29 is 4.74 Å². The summed E-state index contributed by atoms with van der Waals surface area (Å²) < 4.78 is 5.36. The quantitative estimate of drug-likeness (QED) is 0.701. The molecule has 0 amide bonds. The topological polar surface area (TPSA) is 35.0 Å². The van der Waals surface area contributed by atoms with Gasteiger partial charge in [0.2, 0.25) is 11.2 Å². The van der Waals surface area contributed by atoms with E-state index in [1.165, 1.54) is 0 Å². The Morgan fingerprint density at radius 2 is 2.31 bits per heavy atom. The Labute approximate surface area is 83.1 Å².